The first-order valence-corrected chi connectivity index (χ1v) is 15.4. The lowest BCUT2D eigenvalue weighted by atomic mass is 9.69. The molecule has 6 nitrogen and oxygen atoms in total. The van der Waals surface area contributed by atoms with Crippen LogP contribution in [0.25, 0.3) is 0 Å². The van der Waals surface area contributed by atoms with Crippen LogP contribution in [0, 0.1) is 11.8 Å². The van der Waals surface area contributed by atoms with Gasteiger partial charge in [0.15, 0.2) is 5.11 Å². The van der Waals surface area contributed by atoms with Gasteiger partial charge in [-0.1, -0.05) is 56.8 Å². The third kappa shape index (κ3) is 6.71. The van der Waals surface area contributed by atoms with Crippen molar-refractivity contribution in [2.75, 3.05) is 47.8 Å². The Kier molecular flexibility index (Phi) is 8.94. The van der Waals surface area contributed by atoms with Gasteiger partial charge >= 0.3 is 0 Å². The molecule has 8 heteroatoms. The highest BCUT2D eigenvalue weighted by molar-refractivity contribution is 7.80. The van der Waals surface area contributed by atoms with E-state index in [1.807, 2.05) is 12.1 Å². The number of anilines is 3. The quantitative estimate of drug-likeness (QED) is 0.381. The fraction of sp³-hybridized carbons (Fsp3) is 0.633. The van der Waals surface area contributed by atoms with Crippen molar-refractivity contribution >= 4 is 46.5 Å². The van der Waals surface area contributed by atoms with E-state index >= 15 is 0 Å². The number of hydrogen-bond donors (Lipinski definition) is 2. The van der Waals surface area contributed by atoms with Gasteiger partial charge in [-0.25, -0.2) is 0 Å². The third-order valence-corrected chi connectivity index (χ3v) is 9.24. The SMILES string of the molecule is C[C@@H]1CCCN(c2cc(N3CCC[C@H](C)C3)nc(NC(=S)NCC3(c4ccc(Cl)cc4)CCCCC3)n2)C1. The van der Waals surface area contributed by atoms with E-state index in [2.05, 4.69) is 52.5 Å². The van der Waals surface area contributed by atoms with Crippen molar-refractivity contribution in [3.63, 3.8) is 0 Å². The summed E-state index contributed by atoms with van der Waals surface area (Å²) in [4.78, 5) is 14.8. The number of nitrogens with zero attached hydrogens (tertiary/aromatic N) is 4. The topological polar surface area (TPSA) is 56.3 Å². The fourth-order valence-corrected chi connectivity index (χ4v) is 6.88. The first-order valence-electron chi connectivity index (χ1n) is 14.6. The first kappa shape index (κ1) is 27.4. The second-order valence-corrected chi connectivity index (χ2v) is 12.8. The minimum atomic E-state index is 0.0658. The molecule has 5 rings (SSSR count). The number of piperidine rings is 2. The maximum absolute atomic E-state index is 6.20. The van der Waals surface area contributed by atoms with Gasteiger partial charge in [0.25, 0.3) is 0 Å². The van der Waals surface area contributed by atoms with Gasteiger partial charge in [0.05, 0.1) is 0 Å². The molecule has 2 aliphatic heterocycles. The van der Waals surface area contributed by atoms with Crippen molar-refractivity contribution < 1.29 is 0 Å². The van der Waals surface area contributed by atoms with Crippen LogP contribution in [0.2, 0.25) is 5.02 Å². The Bertz CT molecular complexity index is 1050. The molecular formula is C30H43ClN6S. The molecule has 3 fully saturated rings. The molecule has 2 N–H and O–H groups in total. The molecule has 0 spiro atoms. The molecule has 38 heavy (non-hydrogen) atoms. The van der Waals surface area contributed by atoms with E-state index in [0.29, 0.717) is 22.9 Å². The summed E-state index contributed by atoms with van der Waals surface area (Å²) in [6.45, 7) is 9.63. The molecule has 2 atom stereocenters. The molecule has 0 bridgehead atoms. The van der Waals surface area contributed by atoms with E-state index in [1.54, 1.807) is 0 Å². The van der Waals surface area contributed by atoms with Gasteiger partial charge < -0.3 is 20.4 Å². The highest BCUT2D eigenvalue weighted by Gasteiger charge is 2.34. The Morgan fingerprint density at radius 2 is 1.50 bits per heavy atom. The molecule has 1 aromatic heterocycles. The van der Waals surface area contributed by atoms with Gasteiger partial charge in [0, 0.05) is 49.2 Å². The van der Waals surface area contributed by atoms with Crippen molar-refractivity contribution in [3.8, 4) is 0 Å². The number of benzene rings is 1. The molecule has 0 unspecified atom stereocenters. The average Bonchev–Trinajstić information content (AvgIpc) is 2.93. The smallest absolute Gasteiger partial charge is 0.232 e. The maximum atomic E-state index is 6.20. The standard InChI is InChI=1S/C30H43ClN6S/c1-22-8-6-16-36(19-22)26-18-27(37-17-7-9-23(2)20-37)34-28(33-26)35-29(38)32-21-30(14-4-3-5-15-30)24-10-12-25(31)13-11-24/h10-13,18,22-23H,3-9,14-17,19-21H2,1-2H3,(H2,32,33,34,35,38)/t22-,23+. The second kappa shape index (κ2) is 12.4. The summed E-state index contributed by atoms with van der Waals surface area (Å²) in [7, 11) is 0. The summed E-state index contributed by atoms with van der Waals surface area (Å²) in [6.07, 6.45) is 11.1. The summed E-state index contributed by atoms with van der Waals surface area (Å²) in [5.74, 6) is 3.97. The van der Waals surface area contributed by atoms with Crippen molar-refractivity contribution in [2.24, 2.45) is 11.8 Å². The van der Waals surface area contributed by atoms with E-state index in [1.165, 1.54) is 50.5 Å². The number of rotatable bonds is 6. The van der Waals surface area contributed by atoms with Crippen LogP contribution in [0.1, 0.15) is 77.2 Å². The summed E-state index contributed by atoms with van der Waals surface area (Å²) >= 11 is 12.0. The molecule has 2 aromatic rings. The zero-order chi connectivity index (χ0) is 26.5. The Morgan fingerprint density at radius 3 is 2.05 bits per heavy atom. The fourth-order valence-electron chi connectivity index (χ4n) is 6.59. The predicted molar refractivity (Wildman–Crippen MR) is 164 cm³/mol. The molecule has 3 aliphatic rings. The Balaban J connectivity index is 1.33. The van der Waals surface area contributed by atoms with Crippen molar-refractivity contribution in [2.45, 2.75) is 77.0 Å². The van der Waals surface area contributed by atoms with Crippen LogP contribution in [0.4, 0.5) is 17.6 Å². The van der Waals surface area contributed by atoms with E-state index < -0.39 is 0 Å². The lowest BCUT2D eigenvalue weighted by Crippen LogP contribution is -2.43. The van der Waals surface area contributed by atoms with Crippen LogP contribution in [0.15, 0.2) is 30.3 Å². The average molecular weight is 555 g/mol. The van der Waals surface area contributed by atoms with E-state index in [-0.39, 0.29) is 5.41 Å². The monoisotopic (exact) mass is 554 g/mol. The number of nitrogens with one attached hydrogen (secondary N) is 2. The van der Waals surface area contributed by atoms with Crippen molar-refractivity contribution in [3.05, 3.63) is 40.9 Å². The van der Waals surface area contributed by atoms with Crippen molar-refractivity contribution in [1.29, 1.82) is 0 Å². The number of aromatic nitrogens is 2. The summed E-state index contributed by atoms with van der Waals surface area (Å²) in [6, 6.07) is 10.6. The van der Waals surface area contributed by atoms with Gasteiger partial charge in [0.1, 0.15) is 11.6 Å². The number of thiocarbonyl (C=S) groups is 1. The number of hydrogen-bond acceptors (Lipinski definition) is 5. The van der Waals surface area contributed by atoms with Crippen molar-refractivity contribution in [1.82, 2.24) is 15.3 Å². The lowest BCUT2D eigenvalue weighted by molar-refractivity contribution is 0.292. The van der Waals surface area contributed by atoms with Crippen LogP contribution in [-0.4, -0.2) is 47.8 Å². The first-order chi connectivity index (χ1) is 18.4. The van der Waals surface area contributed by atoms with Crippen LogP contribution in [0.3, 0.4) is 0 Å². The summed E-state index contributed by atoms with van der Waals surface area (Å²) in [5.41, 5.74) is 1.41. The lowest BCUT2D eigenvalue weighted by Gasteiger charge is -2.38. The molecule has 0 radical (unpaired) electrons. The highest BCUT2D eigenvalue weighted by Crippen LogP contribution is 2.39. The maximum Gasteiger partial charge on any atom is 0.232 e. The van der Waals surface area contributed by atoms with Crippen LogP contribution >= 0.6 is 23.8 Å². The molecule has 1 aromatic carbocycles. The normalized spacial score (nSPS) is 23.7. The van der Waals surface area contributed by atoms with Gasteiger partial charge in [-0.3, -0.25) is 0 Å². The minimum Gasteiger partial charge on any atom is -0.361 e. The number of halogens is 1. The molecule has 1 aliphatic carbocycles. The van der Waals surface area contributed by atoms with Crippen LogP contribution in [0.5, 0.6) is 0 Å². The summed E-state index contributed by atoms with van der Waals surface area (Å²) < 4.78 is 0. The third-order valence-electron chi connectivity index (χ3n) is 8.74. The van der Waals surface area contributed by atoms with Gasteiger partial charge in [-0.15, -0.1) is 0 Å². The second-order valence-electron chi connectivity index (χ2n) is 12.0. The Hall–Kier alpha value is -2.12. The van der Waals surface area contributed by atoms with Crippen LogP contribution < -0.4 is 20.4 Å². The summed E-state index contributed by atoms with van der Waals surface area (Å²) in [5, 5.41) is 8.28. The van der Waals surface area contributed by atoms with Gasteiger partial charge in [-0.2, -0.15) is 9.97 Å². The minimum absolute atomic E-state index is 0.0658. The molecule has 3 heterocycles. The van der Waals surface area contributed by atoms with E-state index in [4.69, 9.17) is 33.8 Å². The largest absolute Gasteiger partial charge is 0.361 e. The van der Waals surface area contributed by atoms with Crippen LogP contribution in [-0.2, 0) is 5.41 Å². The predicted octanol–water partition coefficient (Wildman–Crippen LogP) is 6.79. The molecule has 206 valence electrons. The Morgan fingerprint density at radius 1 is 0.921 bits per heavy atom. The van der Waals surface area contributed by atoms with Gasteiger partial charge in [-0.05, 0) is 80.3 Å². The molecule has 0 amide bonds. The van der Waals surface area contributed by atoms with E-state index in [0.717, 1.165) is 62.2 Å². The zero-order valence-corrected chi connectivity index (χ0v) is 24.6. The molecule has 1 saturated carbocycles. The van der Waals surface area contributed by atoms with Gasteiger partial charge in [0.2, 0.25) is 5.95 Å². The van der Waals surface area contributed by atoms with E-state index in [9.17, 15) is 0 Å². The molecular weight excluding hydrogens is 512 g/mol. The zero-order valence-electron chi connectivity index (χ0n) is 23.0. The molecule has 2 saturated heterocycles. The highest BCUT2D eigenvalue weighted by atomic mass is 35.5. The Labute approximate surface area is 238 Å².